The van der Waals surface area contributed by atoms with E-state index in [-0.39, 0.29) is 18.5 Å². The Balaban J connectivity index is 3.49. The number of unbranched alkanes of at least 4 members (excludes halogenated alkanes) is 42. The highest BCUT2D eigenvalue weighted by Gasteiger charge is 2.18. The van der Waals surface area contributed by atoms with Gasteiger partial charge in [-0.15, -0.1) is 0 Å². The molecule has 0 bridgehead atoms. The first kappa shape index (κ1) is 69.8. The third kappa shape index (κ3) is 57.1. The molecule has 2 atom stereocenters. The Labute approximate surface area is 448 Å². The second-order valence-corrected chi connectivity index (χ2v) is 21.7. The molecule has 2 unspecified atom stereocenters. The lowest BCUT2D eigenvalue weighted by atomic mass is 10.0. The lowest BCUT2D eigenvalue weighted by Crippen LogP contribution is -2.45. The van der Waals surface area contributed by atoms with E-state index in [0.717, 1.165) is 77.0 Å². The Hall–Kier alpha value is -2.18. The van der Waals surface area contributed by atoms with E-state index in [0.29, 0.717) is 19.4 Å². The number of aliphatic hydroxyl groups is 2. The van der Waals surface area contributed by atoms with Crippen molar-refractivity contribution in [2.75, 3.05) is 13.2 Å². The minimum atomic E-state index is -0.857. The molecule has 3 N–H and O–H groups in total. The van der Waals surface area contributed by atoms with Gasteiger partial charge in [0.25, 0.3) is 0 Å². The summed E-state index contributed by atoms with van der Waals surface area (Å²) < 4.78 is 5.48. The summed E-state index contributed by atoms with van der Waals surface area (Å²) in [5, 5.41) is 23.2. The van der Waals surface area contributed by atoms with Gasteiger partial charge in [-0.05, 0) is 89.9 Å². The van der Waals surface area contributed by atoms with Crippen molar-refractivity contribution in [2.24, 2.45) is 0 Å². The van der Waals surface area contributed by atoms with Gasteiger partial charge in [-0.2, -0.15) is 0 Å². The number of carbonyl (C=O) groups is 2. The molecular weight excluding hydrogens is 887 g/mol. The van der Waals surface area contributed by atoms with Gasteiger partial charge < -0.3 is 20.3 Å². The molecular formula is C66H123NO5. The molecule has 6 heteroatoms. The summed E-state index contributed by atoms with van der Waals surface area (Å²) >= 11 is 0. The molecule has 0 saturated heterocycles. The van der Waals surface area contributed by atoms with Gasteiger partial charge in [0.15, 0.2) is 0 Å². The minimum absolute atomic E-state index is 0.0148. The normalized spacial score (nSPS) is 12.9. The first-order valence-electron chi connectivity index (χ1n) is 31.9. The zero-order valence-electron chi connectivity index (χ0n) is 48.2. The molecule has 72 heavy (non-hydrogen) atoms. The number of amides is 1. The maximum Gasteiger partial charge on any atom is 0.305 e. The molecule has 0 radical (unpaired) electrons. The summed E-state index contributed by atoms with van der Waals surface area (Å²) in [7, 11) is 0. The number of esters is 1. The highest BCUT2D eigenvalue weighted by Crippen LogP contribution is 2.17. The summed E-state index contributed by atoms with van der Waals surface area (Å²) in [6, 6.07) is -0.642. The van der Waals surface area contributed by atoms with E-state index in [2.05, 4.69) is 55.6 Å². The highest BCUT2D eigenvalue weighted by atomic mass is 16.5. The standard InChI is InChI=1S/C66H123NO5/c1-3-5-7-9-11-13-15-17-19-21-23-24-26-27-30-34-38-42-46-50-54-58-64(69)63(62-68)67-65(70)59-55-51-47-43-39-35-31-29-33-37-41-45-49-53-57-61-72-66(71)60-56-52-48-44-40-36-32-28-25-22-20-18-16-14-12-10-8-6-4-2/h12,14,18,20,33,37,54,58,63-64,68-69H,3-11,13,15-17,19,21-32,34-36,38-53,55-57,59-62H2,1-2H3,(H,67,70)/b14-12-,20-18-,37-33-,58-54+. The Morgan fingerprint density at radius 1 is 0.389 bits per heavy atom. The fourth-order valence-electron chi connectivity index (χ4n) is 9.66. The minimum Gasteiger partial charge on any atom is -0.466 e. The molecule has 0 rings (SSSR count). The molecule has 0 aliphatic rings. The molecule has 0 spiro atoms. The van der Waals surface area contributed by atoms with Crippen molar-refractivity contribution in [1.82, 2.24) is 5.32 Å². The van der Waals surface area contributed by atoms with Crippen molar-refractivity contribution in [3.63, 3.8) is 0 Å². The van der Waals surface area contributed by atoms with Crippen LogP contribution in [-0.4, -0.2) is 47.4 Å². The van der Waals surface area contributed by atoms with Crippen LogP contribution in [0.3, 0.4) is 0 Å². The van der Waals surface area contributed by atoms with Crippen LogP contribution in [0.1, 0.15) is 335 Å². The Kier molecular flexibility index (Phi) is 59.5. The van der Waals surface area contributed by atoms with Crippen LogP contribution >= 0.6 is 0 Å². The monoisotopic (exact) mass is 1010 g/mol. The molecule has 6 nitrogen and oxygen atoms in total. The quantitative estimate of drug-likeness (QED) is 0.0320. The SMILES string of the molecule is CCCCC/C=C\C/C=C\CCCCCCCCCCCC(=O)OCCCCCC/C=C\CCCCCCCCCC(=O)NC(CO)C(O)/C=C/CCCCCCCCCCCCCCCCCCCCC. The Morgan fingerprint density at radius 2 is 0.694 bits per heavy atom. The second-order valence-electron chi connectivity index (χ2n) is 21.7. The number of hydrogen-bond donors (Lipinski definition) is 3. The average molecular weight is 1010 g/mol. The third-order valence-electron chi connectivity index (χ3n) is 14.6. The molecule has 0 aromatic carbocycles. The number of aliphatic hydroxyl groups excluding tert-OH is 2. The lowest BCUT2D eigenvalue weighted by molar-refractivity contribution is -0.143. The van der Waals surface area contributed by atoms with E-state index in [1.54, 1.807) is 6.08 Å². The molecule has 0 saturated carbocycles. The second kappa shape index (κ2) is 61.4. The van der Waals surface area contributed by atoms with Gasteiger partial charge in [-0.25, -0.2) is 0 Å². The first-order chi connectivity index (χ1) is 35.5. The van der Waals surface area contributed by atoms with Crippen LogP contribution in [0.25, 0.3) is 0 Å². The summed E-state index contributed by atoms with van der Waals surface area (Å²) in [5.74, 6) is -0.0962. The van der Waals surface area contributed by atoms with Crippen LogP contribution in [0, 0.1) is 0 Å². The van der Waals surface area contributed by atoms with E-state index in [9.17, 15) is 19.8 Å². The Morgan fingerprint density at radius 3 is 1.10 bits per heavy atom. The number of rotatable bonds is 59. The number of hydrogen-bond acceptors (Lipinski definition) is 5. The lowest BCUT2D eigenvalue weighted by Gasteiger charge is -2.20. The molecule has 0 aromatic heterocycles. The van der Waals surface area contributed by atoms with Gasteiger partial charge in [-0.1, -0.05) is 281 Å². The van der Waals surface area contributed by atoms with Gasteiger partial charge >= 0.3 is 5.97 Å². The highest BCUT2D eigenvalue weighted by molar-refractivity contribution is 5.76. The first-order valence-corrected chi connectivity index (χ1v) is 31.9. The number of allylic oxidation sites excluding steroid dienone is 7. The maximum absolute atomic E-state index is 12.5. The van der Waals surface area contributed by atoms with Crippen molar-refractivity contribution < 1.29 is 24.5 Å². The number of carbonyl (C=O) groups excluding carboxylic acids is 2. The van der Waals surface area contributed by atoms with Gasteiger partial charge in [0, 0.05) is 12.8 Å². The molecule has 0 aliphatic carbocycles. The van der Waals surface area contributed by atoms with Crippen LogP contribution in [0.15, 0.2) is 48.6 Å². The maximum atomic E-state index is 12.5. The summed E-state index contributed by atoms with van der Waals surface area (Å²) in [5.41, 5.74) is 0. The smallest absolute Gasteiger partial charge is 0.305 e. The largest absolute Gasteiger partial charge is 0.466 e. The van der Waals surface area contributed by atoms with E-state index in [1.807, 2.05) is 6.08 Å². The number of ether oxygens (including phenoxy) is 1. The molecule has 0 aromatic rings. The summed E-state index contributed by atoms with van der Waals surface area (Å²) in [6.45, 7) is 4.86. The van der Waals surface area contributed by atoms with Crippen LogP contribution in [0.5, 0.6) is 0 Å². The topological polar surface area (TPSA) is 95.9 Å². The van der Waals surface area contributed by atoms with Gasteiger partial charge in [0.2, 0.25) is 5.91 Å². The van der Waals surface area contributed by atoms with Crippen molar-refractivity contribution in [3.8, 4) is 0 Å². The van der Waals surface area contributed by atoms with Crippen molar-refractivity contribution in [3.05, 3.63) is 48.6 Å². The molecule has 0 aliphatic heterocycles. The third-order valence-corrected chi connectivity index (χ3v) is 14.6. The van der Waals surface area contributed by atoms with Crippen LogP contribution < -0.4 is 5.32 Å². The zero-order valence-corrected chi connectivity index (χ0v) is 48.2. The van der Waals surface area contributed by atoms with E-state index in [4.69, 9.17) is 4.74 Å². The summed E-state index contributed by atoms with van der Waals surface area (Å²) in [6.07, 6.45) is 78.6. The zero-order chi connectivity index (χ0) is 52.2. The van der Waals surface area contributed by atoms with E-state index >= 15 is 0 Å². The van der Waals surface area contributed by atoms with Gasteiger partial charge in [0.05, 0.1) is 25.4 Å². The van der Waals surface area contributed by atoms with Crippen LogP contribution in [0.4, 0.5) is 0 Å². The van der Waals surface area contributed by atoms with Gasteiger partial charge in [0.1, 0.15) is 0 Å². The fourth-order valence-corrected chi connectivity index (χ4v) is 9.66. The molecule has 422 valence electrons. The van der Waals surface area contributed by atoms with Crippen molar-refractivity contribution >= 4 is 11.9 Å². The molecule has 0 heterocycles. The van der Waals surface area contributed by atoms with E-state index in [1.165, 1.54) is 231 Å². The van der Waals surface area contributed by atoms with Crippen LogP contribution in [0.2, 0.25) is 0 Å². The van der Waals surface area contributed by atoms with Crippen molar-refractivity contribution in [1.29, 1.82) is 0 Å². The van der Waals surface area contributed by atoms with Crippen LogP contribution in [-0.2, 0) is 14.3 Å². The fraction of sp³-hybridized carbons (Fsp3) is 0.848. The van der Waals surface area contributed by atoms with Crippen molar-refractivity contribution in [2.45, 2.75) is 347 Å². The summed E-state index contributed by atoms with van der Waals surface area (Å²) in [4.78, 5) is 24.6. The predicted octanol–water partition coefficient (Wildman–Crippen LogP) is 20.1. The average Bonchev–Trinajstić information content (AvgIpc) is 3.38. The number of nitrogens with one attached hydrogen (secondary N) is 1. The molecule has 0 fully saturated rings. The molecule has 1 amide bonds. The van der Waals surface area contributed by atoms with Gasteiger partial charge in [-0.3, -0.25) is 9.59 Å². The Bertz CT molecular complexity index is 1210. The van der Waals surface area contributed by atoms with E-state index < -0.39 is 12.1 Å². The predicted molar refractivity (Wildman–Crippen MR) is 315 cm³/mol.